The van der Waals surface area contributed by atoms with Crippen molar-refractivity contribution in [2.24, 2.45) is 0 Å². The van der Waals surface area contributed by atoms with E-state index in [0.29, 0.717) is 37.7 Å². The van der Waals surface area contributed by atoms with Gasteiger partial charge in [0.25, 0.3) is 0 Å². The molecule has 0 bridgehead atoms. The Balaban J connectivity index is 1.60. The first-order valence-corrected chi connectivity index (χ1v) is 11.1. The number of benzene rings is 2. The van der Waals surface area contributed by atoms with Crippen LogP contribution >= 0.6 is 0 Å². The fourth-order valence-electron chi connectivity index (χ4n) is 3.66. The van der Waals surface area contributed by atoms with Crippen LogP contribution in [0.2, 0.25) is 0 Å². The molecule has 1 amide bonds. The number of sulfonamides is 1. The zero-order valence-corrected chi connectivity index (χ0v) is 16.5. The van der Waals surface area contributed by atoms with Gasteiger partial charge in [-0.25, -0.2) is 8.42 Å². The summed E-state index contributed by atoms with van der Waals surface area (Å²) in [4.78, 5) is 14.6. The van der Waals surface area contributed by atoms with E-state index < -0.39 is 10.0 Å². The van der Waals surface area contributed by atoms with Crippen molar-refractivity contribution >= 4 is 21.6 Å². The molecule has 8 heteroatoms. The minimum Gasteiger partial charge on any atom is -0.490 e. The normalized spacial score (nSPS) is 21.3. The van der Waals surface area contributed by atoms with Crippen molar-refractivity contribution in [3.05, 3.63) is 48.5 Å². The highest BCUT2D eigenvalue weighted by molar-refractivity contribution is 7.88. The van der Waals surface area contributed by atoms with Crippen LogP contribution in [0.1, 0.15) is 0 Å². The van der Waals surface area contributed by atoms with Gasteiger partial charge in [0.05, 0.1) is 24.5 Å². The lowest BCUT2D eigenvalue weighted by atomic mass is 10.0. The van der Waals surface area contributed by atoms with Gasteiger partial charge in [0.15, 0.2) is 0 Å². The summed E-state index contributed by atoms with van der Waals surface area (Å²) in [6.07, 6.45) is 1.21. The lowest BCUT2D eigenvalue weighted by molar-refractivity contribution is -0.118. The van der Waals surface area contributed by atoms with Crippen LogP contribution in [-0.4, -0.2) is 68.6 Å². The van der Waals surface area contributed by atoms with Crippen LogP contribution in [0.4, 0.5) is 5.69 Å². The van der Waals surface area contributed by atoms with Crippen molar-refractivity contribution in [1.29, 1.82) is 0 Å². The molecule has 2 aromatic rings. The summed E-state index contributed by atoms with van der Waals surface area (Å²) in [6, 6.07) is 15.5. The number of hydrogen-bond donors (Lipinski definition) is 1. The van der Waals surface area contributed by atoms with E-state index in [4.69, 9.17) is 4.74 Å². The van der Waals surface area contributed by atoms with Gasteiger partial charge in [-0.1, -0.05) is 36.4 Å². The smallest absolute Gasteiger partial charge is 0.238 e. The standard InChI is InChI=1S/C20H23N3O4S/c1-28(25,26)23-10-9-22-13-20(24)21-18-11-16(15-5-3-2-4-6-15)7-8-19(18)27-14-17(22)12-23/h2-8,11,17H,9-10,12-14H2,1H3,(H,21,24)/t17-/m0/s1. The third-order valence-corrected chi connectivity index (χ3v) is 6.44. The zero-order valence-electron chi connectivity index (χ0n) is 15.7. The predicted molar refractivity (Wildman–Crippen MR) is 108 cm³/mol. The fraction of sp³-hybridized carbons (Fsp3) is 0.350. The quantitative estimate of drug-likeness (QED) is 0.828. The summed E-state index contributed by atoms with van der Waals surface area (Å²) >= 11 is 0. The number of fused-ring (bicyclic) bond motifs is 2. The van der Waals surface area contributed by atoms with E-state index in [1.54, 1.807) is 0 Å². The largest absolute Gasteiger partial charge is 0.490 e. The maximum Gasteiger partial charge on any atom is 0.238 e. The molecule has 2 heterocycles. The van der Waals surface area contributed by atoms with Gasteiger partial charge in [0.2, 0.25) is 15.9 Å². The lowest BCUT2D eigenvalue weighted by Crippen LogP contribution is -2.57. The summed E-state index contributed by atoms with van der Waals surface area (Å²) in [5.74, 6) is 0.459. The second kappa shape index (κ2) is 7.54. The van der Waals surface area contributed by atoms with Crippen LogP contribution in [0.15, 0.2) is 48.5 Å². The van der Waals surface area contributed by atoms with Gasteiger partial charge in [-0.3, -0.25) is 9.69 Å². The summed E-state index contributed by atoms with van der Waals surface area (Å²) < 4.78 is 31.3. The molecule has 7 nitrogen and oxygen atoms in total. The number of piperazine rings is 1. The van der Waals surface area contributed by atoms with Crippen molar-refractivity contribution < 1.29 is 17.9 Å². The molecule has 0 unspecified atom stereocenters. The molecular weight excluding hydrogens is 378 g/mol. The van der Waals surface area contributed by atoms with Crippen LogP contribution in [0, 0.1) is 0 Å². The van der Waals surface area contributed by atoms with Gasteiger partial charge in [-0.05, 0) is 23.3 Å². The minimum absolute atomic E-state index is 0.130. The molecule has 28 heavy (non-hydrogen) atoms. The SMILES string of the molecule is CS(=O)(=O)N1CCN2CC(=O)Nc3cc(-c4ccccc4)ccc3OC[C@@H]2C1. The Morgan fingerprint density at radius 3 is 2.61 bits per heavy atom. The Morgan fingerprint density at radius 1 is 1.07 bits per heavy atom. The van der Waals surface area contributed by atoms with Gasteiger partial charge in [-0.2, -0.15) is 4.31 Å². The fourth-order valence-corrected chi connectivity index (χ4v) is 4.51. The molecule has 0 saturated carbocycles. The van der Waals surface area contributed by atoms with Gasteiger partial charge in [-0.15, -0.1) is 0 Å². The monoisotopic (exact) mass is 401 g/mol. The Bertz CT molecular complexity index is 978. The number of rotatable bonds is 2. The van der Waals surface area contributed by atoms with Gasteiger partial charge < -0.3 is 10.1 Å². The molecule has 0 aromatic heterocycles. The minimum atomic E-state index is -3.27. The van der Waals surface area contributed by atoms with E-state index in [2.05, 4.69) is 5.32 Å². The molecule has 1 saturated heterocycles. The van der Waals surface area contributed by atoms with E-state index in [-0.39, 0.29) is 18.5 Å². The Kier molecular flexibility index (Phi) is 5.09. The van der Waals surface area contributed by atoms with Gasteiger partial charge in [0, 0.05) is 19.6 Å². The van der Waals surface area contributed by atoms with Crippen LogP contribution < -0.4 is 10.1 Å². The van der Waals surface area contributed by atoms with Crippen molar-refractivity contribution in [2.45, 2.75) is 6.04 Å². The molecule has 1 N–H and O–H groups in total. The van der Waals surface area contributed by atoms with Crippen molar-refractivity contribution in [3.8, 4) is 16.9 Å². The molecule has 1 fully saturated rings. The molecule has 2 aromatic carbocycles. The van der Waals surface area contributed by atoms with Crippen molar-refractivity contribution in [3.63, 3.8) is 0 Å². The molecule has 2 aliphatic heterocycles. The average molecular weight is 401 g/mol. The molecule has 0 spiro atoms. The highest BCUT2D eigenvalue weighted by atomic mass is 32.2. The summed E-state index contributed by atoms with van der Waals surface area (Å²) in [6.45, 7) is 1.73. The van der Waals surface area contributed by atoms with E-state index in [9.17, 15) is 13.2 Å². The number of carbonyl (C=O) groups is 1. The topological polar surface area (TPSA) is 79.0 Å². The van der Waals surface area contributed by atoms with Gasteiger partial charge in [0.1, 0.15) is 12.4 Å². The van der Waals surface area contributed by atoms with E-state index >= 15 is 0 Å². The summed E-state index contributed by atoms with van der Waals surface area (Å²) in [5, 5.41) is 2.95. The maximum absolute atomic E-state index is 12.6. The second-order valence-electron chi connectivity index (χ2n) is 7.18. The first-order chi connectivity index (χ1) is 13.4. The number of nitrogens with zero attached hydrogens (tertiary/aromatic N) is 2. The van der Waals surface area contributed by atoms with E-state index in [0.717, 1.165) is 11.1 Å². The third-order valence-electron chi connectivity index (χ3n) is 5.18. The van der Waals surface area contributed by atoms with E-state index in [1.165, 1.54) is 10.6 Å². The Morgan fingerprint density at radius 2 is 1.86 bits per heavy atom. The summed E-state index contributed by atoms with van der Waals surface area (Å²) in [5.41, 5.74) is 2.68. The van der Waals surface area contributed by atoms with Crippen LogP contribution in [0.5, 0.6) is 5.75 Å². The number of ether oxygens (including phenoxy) is 1. The number of nitrogens with one attached hydrogen (secondary N) is 1. The molecule has 0 aliphatic carbocycles. The summed E-state index contributed by atoms with van der Waals surface area (Å²) in [7, 11) is -3.27. The molecule has 148 valence electrons. The Hall–Kier alpha value is -2.42. The maximum atomic E-state index is 12.6. The number of hydrogen-bond acceptors (Lipinski definition) is 5. The van der Waals surface area contributed by atoms with E-state index in [1.807, 2.05) is 53.4 Å². The molecule has 2 aliphatic rings. The lowest BCUT2D eigenvalue weighted by Gasteiger charge is -2.39. The van der Waals surface area contributed by atoms with Crippen LogP contribution in [0.3, 0.4) is 0 Å². The molecule has 1 atom stereocenters. The molecule has 4 rings (SSSR count). The van der Waals surface area contributed by atoms with Crippen molar-refractivity contribution in [1.82, 2.24) is 9.21 Å². The molecular formula is C20H23N3O4S. The first-order valence-electron chi connectivity index (χ1n) is 9.21. The first kappa shape index (κ1) is 18.9. The average Bonchev–Trinajstić information content (AvgIpc) is 2.73. The predicted octanol–water partition coefficient (Wildman–Crippen LogP) is 1.63. The zero-order chi connectivity index (χ0) is 19.7. The number of amides is 1. The van der Waals surface area contributed by atoms with Crippen LogP contribution in [0.25, 0.3) is 11.1 Å². The van der Waals surface area contributed by atoms with Crippen molar-refractivity contribution in [2.75, 3.05) is 44.4 Å². The van der Waals surface area contributed by atoms with Gasteiger partial charge >= 0.3 is 0 Å². The Labute approximate surface area is 165 Å². The highest BCUT2D eigenvalue weighted by Crippen LogP contribution is 2.32. The third kappa shape index (κ3) is 4.04. The number of anilines is 1. The molecule has 0 radical (unpaired) electrons. The van der Waals surface area contributed by atoms with Crippen LogP contribution in [-0.2, 0) is 14.8 Å². The number of carbonyl (C=O) groups excluding carboxylic acids is 1. The highest BCUT2D eigenvalue weighted by Gasteiger charge is 2.33. The second-order valence-corrected chi connectivity index (χ2v) is 9.16.